The van der Waals surface area contributed by atoms with Gasteiger partial charge in [0.15, 0.2) is 11.5 Å². The highest BCUT2D eigenvalue weighted by atomic mass is 16.5. The second-order valence-electron chi connectivity index (χ2n) is 8.74. The van der Waals surface area contributed by atoms with E-state index >= 15 is 0 Å². The van der Waals surface area contributed by atoms with Gasteiger partial charge in [-0.3, -0.25) is 4.98 Å². The predicted molar refractivity (Wildman–Crippen MR) is 136 cm³/mol. The van der Waals surface area contributed by atoms with E-state index in [1.807, 2.05) is 72.3 Å². The van der Waals surface area contributed by atoms with E-state index in [1.54, 1.807) is 30.3 Å². The van der Waals surface area contributed by atoms with Crippen LogP contribution in [0.4, 0.5) is 0 Å². The van der Waals surface area contributed by atoms with E-state index in [2.05, 4.69) is 21.1 Å². The lowest BCUT2D eigenvalue weighted by Gasteiger charge is -2.27. The third-order valence-corrected chi connectivity index (χ3v) is 6.59. The lowest BCUT2D eigenvalue weighted by molar-refractivity contribution is 0.393. The van der Waals surface area contributed by atoms with Gasteiger partial charge in [-0.2, -0.15) is 5.10 Å². The van der Waals surface area contributed by atoms with Gasteiger partial charge in [-0.15, -0.1) is 5.10 Å². The van der Waals surface area contributed by atoms with Crippen molar-refractivity contribution in [1.82, 2.24) is 34.3 Å². The van der Waals surface area contributed by atoms with Gasteiger partial charge in [-0.25, -0.2) is 19.2 Å². The molecular formula is C28H21N7O2. The maximum atomic E-state index is 6.49. The van der Waals surface area contributed by atoms with Crippen LogP contribution in [0, 0.1) is 6.92 Å². The number of ether oxygens (including phenoxy) is 2. The zero-order valence-corrected chi connectivity index (χ0v) is 20.1. The molecule has 180 valence electrons. The van der Waals surface area contributed by atoms with E-state index in [0.29, 0.717) is 23.2 Å². The summed E-state index contributed by atoms with van der Waals surface area (Å²) in [4.78, 5) is 13.8. The number of pyridine rings is 1. The van der Waals surface area contributed by atoms with Gasteiger partial charge in [-0.05, 0) is 37.3 Å². The number of fused-ring (bicyclic) bond motifs is 4. The van der Waals surface area contributed by atoms with Crippen molar-refractivity contribution in [2.75, 3.05) is 7.11 Å². The first-order valence-corrected chi connectivity index (χ1v) is 11.8. The molecule has 0 spiro atoms. The molecule has 0 aliphatic carbocycles. The highest BCUT2D eigenvalue weighted by molar-refractivity contribution is 5.69. The lowest BCUT2D eigenvalue weighted by Crippen LogP contribution is -2.16. The molecule has 6 aromatic rings. The molecule has 0 N–H and O–H groups in total. The quantitative estimate of drug-likeness (QED) is 0.346. The summed E-state index contributed by atoms with van der Waals surface area (Å²) in [5, 5.41) is 9.57. The summed E-state index contributed by atoms with van der Waals surface area (Å²) in [5.74, 6) is 2.10. The topological polar surface area (TPSA) is 92.2 Å². The molecule has 4 aromatic heterocycles. The molecule has 37 heavy (non-hydrogen) atoms. The number of nitrogens with zero attached hydrogens (tertiary/aromatic N) is 7. The molecule has 0 amide bonds. The highest BCUT2D eigenvalue weighted by Gasteiger charge is 2.39. The maximum absolute atomic E-state index is 6.49. The Morgan fingerprint density at radius 1 is 0.919 bits per heavy atom. The normalized spacial score (nSPS) is 14.2. The van der Waals surface area contributed by atoms with Gasteiger partial charge in [0.2, 0.25) is 11.8 Å². The molecule has 1 aliphatic heterocycles. The minimum atomic E-state index is -0.297. The van der Waals surface area contributed by atoms with Crippen LogP contribution in [0.15, 0.2) is 85.5 Å². The van der Waals surface area contributed by atoms with Gasteiger partial charge < -0.3 is 9.47 Å². The van der Waals surface area contributed by atoms with Crippen LogP contribution in [0.3, 0.4) is 0 Å². The summed E-state index contributed by atoms with van der Waals surface area (Å²) in [6, 6.07) is 21.7. The number of methoxy groups -OCH3 is 1. The van der Waals surface area contributed by atoms with Crippen LogP contribution in [0.2, 0.25) is 0 Å². The molecule has 0 saturated carbocycles. The second kappa shape index (κ2) is 8.27. The van der Waals surface area contributed by atoms with Crippen molar-refractivity contribution < 1.29 is 9.47 Å². The largest absolute Gasteiger partial charge is 0.496 e. The summed E-state index contributed by atoms with van der Waals surface area (Å²) in [5.41, 5.74) is 5.91. The van der Waals surface area contributed by atoms with Crippen LogP contribution in [-0.4, -0.2) is 41.5 Å². The SMILES string of the molecule is COc1ccccc1[C@@H]1c2c(C)nn(-c3ccccc3)c2Oc2ncn3nc(-c4cccnc4)nc3c21. The van der Waals surface area contributed by atoms with E-state index in [4.69, 9.17) is 19.6 Å². The summed E-state index contributed by atoms with van der Waals surface area (Å²) in [6.07, 6.45) is 5.10. The van der Waals surface area contributed by atoms with Crippen LogP contribution >= 0.6 is 0 Å². The Labute approximate surface area is 212 Å². The number of aryl methyl sites for hydroxylation is 1. The van der Waals surface area contributed by atoms with E-state index in [9.17, 15) is 0 Å². The number of rotatable bonds is 4. The minimum absolute atomic E-state index is 0.297. The standard InChI is InChI=1S/C28H21N7O2/c1-17-22-23(20-12-6-7-13-21(20)36-2)24-26-31-25(18-9-8-14-29-15-18)33-34(26)16-30-27(24)37-28(22)35(32-17)19-10-4-3-5-11-19/h3-16,23H,1-2H3/t23-/m1/s1. The van der Waals surface area contributed by atoms with Gasteiger partial charge in [0, 0.05) is 23.5 Å². The average molecular weight is 488 g/mol. The van der Waals surface area contributed by atoms with Gasteiger partial charge in [-0.1, -0.05) is 36.4 Å². The Morgan fingerprint density at radius 3 is 2.57 bits per heavy atom. The van der Waals surface area contributed by atoms with Crippen molar-refractivity contribution >= 4 is 5.65 Å². The number of para-hydroxylation sites is 2. The average Bonchev–Trinajstić information content (AvgIpc) is 3.54. The lowest BCUT2D eigenvalue weighted by atomic mass is 9.84. The Bertz CT molecular complexity index is 1760. The van der Waals surface area contributed by atoms with Crippen molar-refractivity contribution in [3.05, 3.63) is 108 Å². The third-order valence-electron chi connectivity index (χ3n) is 6.59. The monoisotopic (exact) mass is 487 g/mol. The van der Waals surface area contributed by atoms with Crippen LogP contribution < -0.4 is 9.47 Å². The van der Waals surface area contributed by atoms with E-state index in [1.165, 1.54) is 0 Å². The highest BCUT2D eigenvalue weighted by Crippen LogP contribution is 2.51. The van der Waals surface area contributed by atoms with Gasteiger partial charge >= 0.3 is 0 Å². The number of benzene rings is 2. The fourth-order valence-electron chi connectivity index (χ4n) is 4.96. The number of hydrogen-bond donors (Lipinski definition) is 0. The van der Waals surface area contributed by atoms with Crippen LogP contribution in [0.25, 0.3) is 22.7 Å². The first-order valence-electron chi connectivity index (χ1n) is 11.8. The number of hydrogen-bond acceptors (Lipinski definition) is 7. The predicted octanol–water partition coefficient (Wildman–Crippen LogP) is 4.97. The molecule has 1 atom stereocenters. The molecule has 5 heterocycles. The zero-order chi connectivity index (χ0) is 24.9. The van der Waals surface area contributed by atoms with Crippen molar-refractivity contribution in [3.63, 3.8) is 0 Å². The fourth-order valence-corrected chi connectivity index (χ4v) is 4.96. The van der Waals surface area contributed by atoms with Gasteiger partial charge in [0.25, 0.3) is 0 Å². The molecule has 0 radical (unpaired) electrons. The summed E-state index contributed by atoms with van der Waals surface area (Å²) in [6.45, 7) is 1.99. The van der Waals surface area contributed by atoms with Crippen LogP contribution in [0.1, 0.15) is 28.3 Å². The smallest absolute Gasteiger partial charge is 0.230 e. The summed E-state index contributed by atoms with van der Waals surface area (Å²) in [7, 11) is 1.68. The zero-order valence-electron chi connectivity index (χ0n) is 20.1. The number of aromatic nitrogens is 7. The van der Waals surface area contributed by atoms with Crippen LogP contribution in [-0.2, 0) is 0 Å². The molecule has 9 nitrogen and oxygen atoms in total. The van der Waals surface area contributed by atoms with Crippen molar-refractivity contribution in [1.29, 1.82) is 0 Å². The molecule has 0 bridgehead atoms. The summed E-state index contributed by atoms with van der Waals surface area (Å²) < 4.78 is 15.8. The molecule has 7 rings (SSSR count). The molecule has 9 heteroatoms. The molecule has 1 aliphatic rings. The molecule has 0 unspecified atom stereocenters. The van der Waals surface area contributed by atoms with Gasteiger partial charge in [0.1, 0.15) is 12.1 Å². The Morgan fingerprint density at radius 2 is 1.76 bits per heavy atom. The van der Waals surface area contributed by atoms with Crippen molar-refractivity contribution in [2.24, 2.45) is 0 Å². The molecule has 0 saturated heterocycles. The maximum Gasteiger partial charge on any atom is 0.230 e. The first-order chi connectivity index (χ1) is 18.2. The van der Waals surface area contributed by atoms with Crippen molar-refractivity contribution in [2.45, 2.75) is 12.8 Å². The fraction of sp³-hybridized carbons (Fsp3) is 0.107. The van der Waals surface area contributed by atoms with Gasteiger partial charge in [0.05, 0.1) is 35.5 Å². The molecule has 0 fully saturated rings. The Balaban J connectivity index is 1.52. The Kier molecular flexibility index (Phi) is 4.75. The van der Waals surface area contributed by atoms with E-state index < -0.39 is 0 Å². The van der Waals surface area contributed by atoms with E-state index in [0.717, 1.165) is 39.4 Å². The minimum Gasteiger partial charge on any atom is -0.496 e. The second-order valence-corrected chi connectivity index (χ2v) is 8.74. The van der Waals surface area contributed by atoms with E-state index in [-0.39, 0.29) is 5.92 Å². The summed E-state index contributed by atoms with van der Waals surface area (Å²) >= 11 is 0. The molecular weight excluding hydrogens is 466 g/mol. The van der Waals surface area contributed by atoms with Crippen LogP contribution in [0.5, 0.6) is 17.5 Å². The Hall–Kier alpha value is -5.05. The first kappa shape index (κ1) is 21.3. The third kappa shape index (κ3) is 3.28. The van der Waals surface area contributed by atoms with Crippen molar-refractivity contribution in [3.8, 4) is 34.6 Å². The molecule has 2 aromatic carbocycles.